The van der Waals surface area contributed by atoms with Crippen molar-refractivity contribution in [1.29, 1.82) is 0 Å². The number of anilines is 1. The Balaban J connectivity index is 1.27. The Morgan fingerprint density at radius 1 is 0.907 bits per heavy atom. The molecule has 1 aromatic heterocycles. The molecular formula is C26H41B7F3N5O2. The van der Waals surface area contributed by atoms with E-state index in [0.29, 0.717) is 31.4 Å². The Morgan fingerprint density at radius 2 is 1.44 bits per heavy atom. The summed E-state index contributed by atoms with van der Waals surface area (Å²) in [6, 6.07) is -0.376. The highest BCUT2D eigenvalue weighted by molar-refractivity contribution is 6.68. The van der Waals surface area contributed by atoms with Crippen LogP contribution in [0.25, 0.3) is 0 Å². The van der Waals surface area contributed by atoms with Crippen LogP contribution in [0.3, 0.4) is 0 Å². The molecule has 4 rings (SSSR count). The first kappa shape index (κ1) is 33.5. The van der Waals surface area contributed by atoms with Crippen LogP contribution >= 0.6 is 0 Å². The van der Waals surface area contributed by atoms with Crippen molar-refractivity contribution < 1.29 is 22.7 Å². The van der Waals surface area contributed by atoms with Gasteiger partial charge in [-0.25, -0.2) is 14.8 Å². The summed E-state index contributed by atoms with van der Waals surface area (Å²) in [5.41, 5.74) is 7.40. The molecule has 0 saturated carbocycles. The van der Waals surface area contributed by atoms with Crippen LogP contribution in [-0.4, -0.2) is 126 Å². The van der Waals surface area contributed by atoms with Gasteiger partial charge in [0, 0.05) is 13.1 Å². The van der Waals surface area contributed by atoms with Gasteiger partial charge in [0.2, 0.25) is 0 Å². The standard InChI is InChI=1S/C26H41B7F3N5O2/c1-13-11-39(17-10-37-16(9-38-17)26(34,35)36)12-14(2)41(13)24(42)43-8-5-15-3-6-40(7-4-15)25(32,33)18-19(27)21(29)23(31)22(30)20(18)28/h9-10,13-15H,3-8,11-12,27-33H2,1-2H3/t13-,14?/m1/s1. The highest BCUT2D eigenvalue weighted by atomic mass is 19.4. The molecule has 1 amide bonds. The fourth-order valence-electron chi connectivity index (χ4n) is 7.24. The zero-order valence-electron chi connectivity index (χ0n) is 27.2. The van der Waals surface area contributed by atoms with Crippen LogP contribution in [0.5, 0.6) is 0 Å². The molecule has 2 saturated heterocycles. The number of carbonyl (C=O) groups excluding carboxylic acids is 1. The van der Waals surface area contributed by atoms with Crippen molar-refractivity contribution in [2.45, 2.75) is 56.7 Å². The van der Waals surface area contributed by atoms with Gasteiger partial charge in [-0.05, 0) is 57.5 Å². The molecule has 2 aliphatic rings. The highest BCUT2D eigenvalue weighted by Gasteiger charge is 2.37. The molecule has 2 atom stereocenters. The maximum atomic E-state index is 13.1. The number of likely N-dealkylation sites (tertiary alicyclic amines) is 1. The van der Waals surface area contributed by atoms with E-state index in [0.717, 1.165) is 44.7 Å². The number of halogens is 3. The lowest BCUT2D eigenvalue weighted by atomic mass is 9.48. The van der Waals surface area contributed by atoms with Crippen LogP contribution in [0.1, 0.15) is 44.4 Å². The van der Waals surface area contributed by atoms with E-state index in [2.05, 4.69) is 69.8 Å². The molecule has 0 aliphatic carbocycles. The van der Waals surface area contributed by atoms with Gasteiger partial charge in [0.25, 0.3) is 0 Å². The third-order valence-electron chi connectivity index (χ3n) is 10.2. The van der Waals surface area contributed by atoms with E-state index in [1.54, 1.807) is 4.90 Å². The second-order valence-corrected chi connectivity index (χ2v) is 13.2. The van der Waals surface area contributed by atoms with Gasteiger partial charge in [0.15, 0.2) is 5.69 Å². The van der Waals surface area contributed by atoms with Crippen molar-refractivity contribution >= 4 is 94.1 Å². The fourth-order valence-corrected chi connectivity index (χ4v) is 7.24. The number of carbonyl (C=O) groups is 1. The highest BCUT2D eigenvalue weighted by Crippen LogP contribution is 2.29. The van der Waals surface area contributed by atoms with E-state index in [1.807, 2.05) is 18.7 Å². The molecular weight excluding hydrogens is 547 g/mol. The number of rotatable bonds is 6. The number of alkyl halides is 3. The minimum atomic E-state index is -4.53. The fraction of sp³-hybridized carbons (Fsp3) is 0.577. The Hall–Kier alpha value is -2.43. The zero-order chi connectivity index (χ0) is 31.9. The first-order chi connectivity index (χ1) is 20.0. The number of piperidine rings is 1. The van der Waals surface area contributed by atoms with Crippen LogP contribution in [0.15, 0.2) is 12.4 Å². The zero-order valence-corrected chi connectivity index (χ0v) is 27.2. The monoisotopic (exact) mass is 589 g/mol. The summed E-state index contributed by atoms with van der Waals surface area (Å²) >= 11 is 0. The Morgan fingerprint density at radius 3 is 1.93 bits per heavy atom. The summed E-state index contributed by atoms with van der Waals surface area (Å²) in [5, 5.41) is -0.0603. The number of amides is 1. The quantitative estimate of drug-likeness (QED) is 0.314. The number of piperazine rings is 1. The normalized spacial score (nSPS) is 20.8. The molecule has 1 unspecified atom stereocenters. The van der Waals surface area contributed by atoms with Crippen molar-refractivity contribution in [3.8, 4) is 0 Å². The Labute approximate surface area is 260 Å². The second kappa shape index (κ2) is 12.9. The van der Waals surface area contributed by atoms with Crippen molar-refractivity contribution in [1.82, 2.24) is 19.8 Å². The third-order valence-corrected chi connectivity index (χ3v) is 10.2. The minimum Gasteiger partial charge on any atom is -0.449 e. The minimum absolute atomic E-state index is 0.0603. The van der Waals surface area contributed by atoms with Crippen LogP contribution in [-0.2, 0) is 16.3 Å². The molecule has 0 N–H and O–H groups in total. The molecule has 2 fully saturated rings. The van der Waals surface area contributed by atoms with E-state index in [9.17, 15) is 18.0 Å². The van der Waals surface area contributed by atoms with Crippen molar-refractivity contribution in [3.05, 3.63) is 23.7 Å². The summed E-state index contributed by atoms with van der Waals surface area (Å²) in [6.45, 7) is 7.11. The van der Waals surface area contributed by atoms with E-state index in [-0.39, 0.29) is 23.5 Å². The van der Waals surface area contributed by atoms with Gasteiger partial charge in [0.05, 0.1) is 31.1 Å². The van der Waals surface area contributed by atoms with Gasteiger partial charge in [-0.2, -0.15) is 13.2 Å². The van der Waals surface area contributed by atoms with Crippen LogP contribution in [0.2, 0.25) is 0 Å². The average Bonchev–Trinajstić information content (AvgIpc) is 2.94. The van der Waals surface area contributed by atoms with Gasteiger partial charge in [-0.3, -0.25) is 4.90 Å². The molecule has 1 aromatic carbocycles. The topological polar surface area (TPSA) is 61.8 Å². The molecule has 17 heteroatoms. The predicted octanol–water partition coefficient (Wildman–Crippen LogP) is -6.00. The van der Waals surface area contributed by atoms with Crippen LogP contribution < -0.4 is 32.2 Å². The number of hydrogen-bond acceptors (Lipinski definition) is 6. The Bertz CT molecular complexity index is 1290. The summed E-state index contributed by atoms with van der Waals surface area (Å²) in [4.78, 5) is 26.8. The van der Waals surface area contributed by atoms with Gasteiger partial charge in [-0.1, -0.05) is 16.5 Å². The van der Waals surface area contributed by atoms with Crippen LogP contribution in [0.4, 0.5) is 23.8 Å². The number of aromatic nitrogens is 2. The average molecular weight is 588 g/mol. The molecule has 7 nitrogen and oxygen atoms in total. The lowest BCUT2D eigenvalue weighted by molar-refractivity contribution is -0.141. The van der Waals surface area contributed by atoms with E-state index in [4.69, 9.17) is 4.74 Å². The van der Waals surface area contributed by atoms with Crippen molar-refractivity contribution in [2.24, 2.45) is 5.92 Å². The van der Waals surface area contributed by atoms with Crippen molar-refractivity contribution in [3.63, 3.8) is 0 Å². The lowest BCUT2D eigenvalue weighted by Gasteiger charge is -2.46. The summed E-state index contributed by atoms with van der Waals surface area (Å²) in [5.74, 6) is 0.876. The molecule has 0 spiro atoms. The molecule has 2 aromatic rings. The molecule has 2 aliphatic heterocycles. The molecule has 43 heavy (non-hydrogen) atoms. The van der Waals surface area contributed by atoms with Crippen molar-refractivity contribution in [2.75, 3.05) is 37.7 Å². The number of ether oxygens (including phenoxy) is 1. The van der Waals surface area contributed by atoms with Gasteiger partial charge >= 0.3 is 12.3 Å². The summed E-state index contributed by atoms with van der Waals surface area (Å²) in [7, 11) is 15.9. The van der Waals surface area contributed by atoms with Gasteiger partial charge < -0.3 is 14.5 Å². The molecule has 0 bridgehead atoms. The maximum absolute atomic E-state index is 13.1. The first-order valence-corrected chi connectivity index (χ1v) is 15.5. The summed E-state index contributed by atoms with van der Waals surface area (Å²) < 4.78 is 44.3. The van der Waals surface area contributed by atoms with E-state index < -0.39 is 11.9 Å². The SMILES string of the molecule is Bc1c(B)c(B)c(C(B)(B)N2CCC(CCOC(=O)N3C(C)CN(c4cnc(C(F)(F)F)cn4)C[C@H]3C)CC2)c(B)c1B. The van der Waals surface area contributed by atoms with Gasteiger partial charge in [0.1, 0.15) is 60.7 Å². The molecule has 224 valence electrons. The predicted molar refractivity (Wildman–Crippen MR) is 186 cm³/mol. The number of nitrogens with zero attached hydrogens (tertiary/aromatic N) is 5. The van der Waals surface area contributed by atoms with Crippen LogP contribution in [0, 0.1) is 5.92 Å². The maximum Gasteiger partial charge on any atom is 0.434 e. The lowest BCUT2D eigenvalue weighted by Crippen LogP contribution is -2.63. The number of benzene rings is 1. The molecule has 3 heterocycles. The molecule has 0 radical (unpaired) electrons. The second-order valence-electron chi connectivity index (χ2n) is 13.2. The smallest absolute Gasteiger partial charge is 0.434 e. The number of hydrogen-bond donors (Lipinski definition) is 0. The first-order valence-electron chi connectivity index (χ1n) is 15.5. The third kappa shape index (κ3) is 6.96. The Kier molecular flexibility index (Phi) is 10.0. The van der Waals surface area contributed by atoms with E-state index >= 15 is 0 Å². The van der Waals surface area contributed by atoms with Gasteiger partial charge in [-0.15, -0.1) is 16.4 Å². The largest absolute Gasteiger partial charge is 0.449 e. The van der Waals surface area contributed by atoms with E-state index in [1.165, 1.54) is 32.9 Å². The summed E-state index contributed by atoms with van der Waals surface area (Å²) in [6.07, 6.45) is 0.0142.